The third-order valence-corrected chi connectivity index (χ3v) is 6.09. The van der Waals surface area contributed by atoms with E-state index in [-0.39, 0.29) is 24.5 Å². The van der Waals surface area contributed by atoms with Crippen molar-refractivity contribution in [1.82, 2.24) is 16.0 Å². The summed E-state index contributed by atoms with van der Waals surface area (Å²) in [6.07, 6.45) is 2.70. The van der Waals surface area contributed by atoms with Crippen LogP contribution in [0.5, 0.6) is 5.75 Å². The van der Waals surface area contributed by atoms with Crippen molar-refractivity contribution in [2.45, 2.75) is 64.2 Å². The fourth-order valence-corrected chi connectivity index (χ4v) is 3.56. The molecule has 0 aliphatic heterocycles. The van der Waals surface area contributed by atoms with Crippen molar-refractivity contribution < 1.29 is 29.4 Å². The van der Waals surface area contributed by atoms with Crippen LogP contribution in [0.2, 0.25) is 0 Å². The average molecular weight is 497 g/mol. The Morgan fingerprint density at radius 1 is 0.971 bits per heavy atom. The van der Waals surface area contributed by atoms with Crippen LogP contribution in [0.15, 0.2) is 24.3 Å². The number of carboxylic acid groups (broad SMARTS) is 1. The van der Waals surface area contributed by atoms with Gasteiger partial charge in [0.1, 0.15) is 23.9 Å². The number of aromatic hydroxyl groups is 1. The molecule has 1 aromatic carbocycles. The molecule has 0 saturated heterocycles. The summed E-state index contributed by atoms with van der Waals surface area (Å²) in [5.41, 5.74) is 6.27. The lowest BCUT2D eigenvalue weighted by atomic mass is 9.96. The number of thioether (sulfide) groups is 1. The number of hydrogen-bond donors (Lipinski definition) is 6. The molecule has 7 N–H and O–H groups in total. The topological polar surface area (TPSA) is 171 Å². The number of rotatable bonds is 14. The molecule has 0 aromatic heterocycles. The molecule has 0 heterocycles. The highest BCUT2D eigenvalue weighted by molar-refractivity contribution is 7.98. The monoisotopic (exact) mass is 496 g/mol. The van der Waals surface area contributed by atoms with Crippen molar-refractivity contribution in [3.8, 4) is 5.75 Å². The van der Waals surface area contributed by atoms with Gasteiger partial charge in [0.25, 0.3) is 0 Å². The number of hydrogen-bond acceptors (Lipinski definition) is 7. The lowest BCUT2D eigenvalue weighted by Gasteiger charge is -2.27. The van der Waals surface area contributed by atoms with Crippen molar-refractivity contribution in [2.75, 3.05) is 12.0 Å². The summed E-state index contributed by atoms with van der Waals surface area (Å²) in [5, 5.41) is 26.8. The molecule has 5 unspecified atom stereocenters. The highest BCUT2D eigenvalue weighted by Crippen LogP contribution is 2.13. The Morgan fingerprint density at radius 2 is 1.56 bits per heavy atom. The first-order valence-corrected chi connectivity index (χ1v) is 12.6. The number of phenols is 1. The van der Waals surface area contributed by atoms with E-state index in [9.17, 15) is 29.4 Å². The molecule has 0 aliphatic rings. The normalized spacial score (nSPS) is 15.3. The number of benzene rings is 1. The van der Waals surface area contributed by atoms with Crippen LogP contribution in [0.25, 0.3) is 0 Å². The Labute approximate surface area is 204 Å². The van der Waals surface area contributed by atoms with E-state index >= 15 is 0 Å². The van der Waals surface area contributed by atoms with Gasteiger partial charge in [-0.1, -0.05) is 32.4 Å². The second-order valence-electron chi connectivity index (χ2n) is 8.27. The number of aliphatic carboxylic acids is 1. The maximum atomic E-state index is 13.1. The van der Waals surface area contributed by atoms with Gasteiger partial charge in [0.15, 0.2) is 0 Å². The van der Waals surface area contributed by atoms with Crippen molar-refractivity contribution in [1.29, 1.82) is 0 Å². The summed E-state index contributed by atoms with van der Waals surface area (Å²) in [6.45, 7) is 5.17. The molecule has 0 bridgehead atoms. The van der Waals surface area contributed by atoms with E-state index < -0.39 is 47.9 Å². The molecule has 0 saturated carbocycles. The largest absolute Gasteiger partial charge is 0.508 e. The molecule has 0 aliphatic carbocycles. The minimum atomic E-state index is -1.17. The number of phenolic OH excluding ortho intramolecular Hbond substituents is 1. The Bertz CT molecular complexity index is 833. The fourth-order valence-electron chi connectivity index (χ4n) is 3.09. The minimum Gasteiger partial charge on any atom is -0.508 e. The summed E-state index contributed by atoms with van der Waals surface area (Å²) >= 11 is 1.46. The van der Waals surface area contributed by atoms with Crippen LogP contribution in [0.1, 0.15) is 39.2 Å². The van der Waals surface area contributed by atoms with Gasteiger partial charge in [-0.3, -0.25) is 14.4 Å². The first kappa shape index (κ1) is 29.2. The number of nitrogens with two attached hydrogens (primary N) is 1. The maximum absolute atomic E-state index is 13.1. The van der Waals surface area contributed by atoms with Gasteiger partial charge in [0.05, 0.1) is 6.04 Å². The van der Waals surface area contributed by atoms with Crippen LogP contribution in [0, 0.1) is 5.92 Å². The van der Waals surface area contributed by atoms with Gasteiger partial charge in [0.2, 0.25) is 17.7 Å². The van der Waals surface area contributed by atoms with E-state index in [4.69, 9.17) is 5.73 Å². The summed E-state index contributed by atoms with van der Waals surface area (Å²) in [7, 11) is 0. The quantitative estimate of drug-likeness (QED) is 0.218. The molecule has 11 heteroatoms. The van der Waals surface area contributed by atoms with Gasteiger partial charge in [-0.05, 0) is 49.0 Å². The number of carbonyl (C=O) groups excluding carboxylic acids is 3. The second-order valence-corrected chi connectivity index (χ2v) is 9.26. The van der Waals surface area contributed by atoms with Gasteiger partial charge in [-0.25, -0.2) is 4.79 Å². The SMILES string of the molecule is CCC(C)C(NC(=O)C(C)N)C(=O)NC(Cc1ccc(O)cc1)C(=O)NC(CCSC)C(=O)O. The van der Waals surface area contributed by atoms with Gasteiger partial charge in [-0.15, -0.1) is 0 Å². The van der Waals surface area contributed by atoms with Crippen LogP contribution in [0.3, 0.4) is 0 Å². The molecule has 0 radical (unpaired) electrons. The van der Waals surface area contributed by atoms with Crippen LogP contribution >= 0.6 is 11.8 Å². The van der Waals surface area contributed by atoms with Crippen molar-refractivity contribution in [2.24, 2.45) is 11.7 Å². The Kier molecular flexibility index (Phi) is 12.4. The summed E-state index contributed by atoms with van der Waals surface area (Å²) in [4.78, 5) is 50.0. The summed E-state index contributed by atoms with van der Waals surface area (Å²) < 4.78 is 0. The number of carboxylic acids is 1. The van der Waals surface area contributed by atoms with Crippen LogP contribution in [0.4, 0.5) is 0 Å². The molecule has 5 atom stereocenters. The third-order valence-electron chi connectivity index (χ3n) is 5.44. The van der Waals surface area contributed by atoms with Crippen LogP contribution < -0.4 is 21.7 Å². The minimum absolute atomic E-state index is 0.0484. The first-order chi connectivity index (χ1) is 16.0. The van der Waals surface area contributed by atoms with E-state index in [1.807, 2.05) is 13.2 Å². The zero-order valence-electron chi connectivity index (χ0n) is 20.0. The molecule has 0 spiro atoms. The standard InChI is InChI=1S/C23H36N4O6S/c1-5-13(2)19(27-20(29)14(3)24)22(31)26-18(12-15-6-8-16(28)9-7-15)21(30)25-17(23(32)33)10-11-34-4/h6-9,13-14,17-19,28H,5,10-12,24H2,1-4H3,(H,25,30)(H,26,31)(H,27,29)(H,32,33). The van der Waals surface area contributed by atoms with Gasteiger partial charge in [-0.2, -0.15) is 11.8 Å². The second kappa shape index (κ2) is 14.5. The van der Waals surface area contributed by atoms with E-state index in [1.165, 1.54) is 30.8 Å². The predicted octanol–water partition coefficient (Wildman–Crippen LogP) is 0.620. The Hall–Kier alpha value is -2.79. The molecule has 1 rings (SSSR count). The van der Waals surface area contributed by atoms with Crippen molar-refractivity contribution in [3.05, 3.63) is 29.8 Å². The fraction of sp³-hybridized carbons (Fsp3) is 0.565. The van der Waals surface area contributed by atoms with E-state index in [1.54, 1.807) is 19.1 Å². The third kappa shape index (κ3) is 9.60. The van der Waals surface area contributed by atoms with Gasteiger partial charge in [0, 0.05) is 6.42 Å². The predicted molar refractivity (Wildman–Crippen MR) is 131 cm³/mol. The van der Waals surface area contributed by atoms with Gasteiger partial charge >= 0.3 is 5.97 Å². The van der Waals surface area contributed by atoms with Crippen molar-refractivity contribution in [3.63, 3.8) is 0 Å². The lowest BCUT2D eigenvalue weighted by Crippen LogP contribution is -2.58. The molecular weight excluding hydrogens is 460 g/mol. The summed E-state index contributed by atoms with van der Waals surface area (Å²) in [6, 6.07) is 2.16. The lowest BCUT2D eigenvalue weighted by molar-refractivity contribution is -0.142. The molecule has 190 valence electrons. The molecule has 1 aromatic rings. The van der Waals surface area contributed by atoms with Crippen molar-refractivity contribution >= 4 is 35.5 Å². The Balaban J connectivity index is 3.15. The van der Waals surface area contributed by atoms with E-state index in [2.05, 4.69) is 16.0 Å². The zero-order chi connectivity index (χ0) is 25.8. The molecule has 0 fully saturated rings. The highest BCUT2D eigenvalue weighted by Gasteiger charge is 2.32. The number of carbonyl (C=O) groups is 4. The smallest absolute Gasteiger partial charge is 0.326 e. The molecule has 10 nitrogen and oxygen atoms in total. The van der Waals surface area contributed by atoms with E-state index in [0.717, 1.165) is 0 Å². The average Bonchev–Trinajstić information content (AvgIpc) is 2.79. The molecule has 3 amide bonds. The van der Waals surface area contributed by atoms with Gasteiger partial charge < -0.3 is 31.9 Å². The number of amides is 3. The highest BCUT2D eigenvalue weighted by atomic mass is 32.2. The summed E-state index contributed by atoms with van der Waals surface area (Å²) in [5.74, 6) is -2.55. The van der Waals surface area contributed by atoms with E-state index in [0.29, 0.717) is 17.7 Å². The van der Waals surface area contributed by atoms with Crippen LogP contribution in [-0.4, -0.2) is 70.1 Å². The molecule has 34 heavy (non-hydrogen) atoms. The molecular formula is C23H36N4O6S. The van der Waals surface area contributed by atoms with Crippen LogP contribution in [-0.2, 0) is 25.6 Å². The Morgan fingerprint density at radius 3 is 2.06 bits per heavy atom. The zero-order valence-corrected chi connectivity index (χ0v) is 20.9. The first-order valence-electron chi connectivity index (χ1n) is 11.2. The number of nitrogens with one attached hydrogen (secondary N) is 3. The maximum Gasteiger partial charge on any atom is 0.326 e.